The molecule has 0 unspecified atom stereocenters. The summed E-state index contributed by atoms with van der Waals surface area (Å²) in [4.78, 5) is 10.6. The first-order chi connectivity index (χ1) is 12.5. The summed E-state index contributed by atoms with van der Waals surface area (Å²) in [6.45, 7) is -1.73. The van der Waals surface area contributed by atoms with Crippen molar-refractivity contribution in [3.63, 3.8) is 0 Å². The lowest BCUT2D eigenvalue weighted by Gasteiger charge is -2.33. The maximum absolute atomic E-state index is 12.8. The summed E-state index contributed by atoms with van der Waals surface area (Å²) in [5, 5.41) is 11.0. The normalized spacial score (nSPS) is 32.4. The highest BCUT2D eigenvalue weighted by Gasteiger charge is 2.60. The van der Waals surface area contributed by atoms with Crippen molar-refractivity contribution in [2.75, 3.05) is 13.1 Å². The Hall–Kier alpha value is -1.72. The van der Waals surface area contributed by atoms with E-state index in [4.69, 9.17) is 0 Å². The van der Waals surface area contributed by atoms with E-state index in [0.717, 1.165) is 11.1 Å². The summed E-state index contributed by atoms with van der Waals surface area (Å²) in [7, 11) is -4.22. The molecule has 2 fully saturated rings. The van der Waals surface area contributed by atoms with Crippen LogP contribution in [0.3, 0.4) is 0 Å². The molecule has 1 saturated carbocycles. The van der Waals surface area contributed by atoms with Crippen LogP contribution >= 0.6 is 0 Å². The van der Waals surface area contributed by atoms with Crippen molar-refractivity contribution in [1.82, 2.24) is 9.03 Å². The minimum Gasteiger partial charge on any atom is -0.258 e. The van der Waals surface area contributed by atoms with Crippen LogP contribution in [0.5, 0.6) is 0 Å². The van der Waals surface area contributed by atoms with Crippen LogP contribution in [0.15, 0.2) is 18.2 Å². The Morgan fingerprint density at radius 1 is 1.22 bits per heavy atom. The number of alkyl halides is 3. The quantitative estimate of drug-likeness (QED) is 0.603. The number of rotatable bonds is 2. The third-order valence-electron chi connectivity index (χ3n) is 6.11. The second-order valence-corrected chi connectivity index (χ2v) is 9.29. The van der Waals surface area contributed by atoms with Crippen LogP contribution < -0.4 is 4.72 Å². The molecular weight excluding hydrogens is 387 g/mol. The predicted molar refractivity (Wildman–Crippen MR) is 89.1 cm³/mol. The van der Waals surface area contributed by atoms with Gasteiger partial charge in [0, 0.05) is 18.7 Å². The van der Waals surface area contributed by atoms with E-state index in [0.29, 0.717) is 30.0 Å². The molecule has 11 heteroatoms. The largest absolute Gasteiger partial charge is 0.402 e. The van der Waals surface area contributed by atoms with E-state index in [-0.39, 0.29) is 24.1 Å². The molecule has 0 amide bonds. The number of nitrogens with zero attached hydrogens (tertiary/aromatic N) is 2. The highest BCUT2D eigenvalue weighted by molar-refractivity contribution is 7.87. The number of nitro benzene ring substituents is 1. The van der Waals surface area contributed by atoms with Gasteiger partial charge in [-0.05, 0) is 48.6 Å². The molecule has 3 atom stereocenters. The first-order valence-electron chi connectivity index (χ1n) is 8.62. The van der Waals surface area contributed by atoms with Gasteiger partial charge in [-0.1, -0.05) is 6.07 Å². The fourth-order valence-electron chi connectivity index (χ4n) is 4.94. The van der Waals surface area contributed by atoms with Gasteiger partial charge in [-0.2, -0.15) is 30.6 Å². The van der Waals surface area contributed by atoms with Gasteiger partial charge in [0.05, 0.1) is 10.5 Å². The highest BCUT2D eigenvalue weighted by Crippen LogP contribution is 2.50. The van der Waals surface area contributed by atoms with E-state index in [1.807, 2.05) is 0 Å². The SMILES string of the molecule is O=[N+]([O-])c1ccc2c(c1)C[C@@H]1CC[C@H](C2)[C@]12CN(CC(F)(F)F)S(=O)(=O)N2. The van der Waals surface area contributed by atoms with Gasteiger partial charge in [0.25, 0.3) is 15.9 Å². The fourth-order valence-corrected chi connectivity index (χ4v) is 6.65. The van der Waals surface area contributed by atoms with E-state index in [1.165, 1.54) is 12.1 Å². The first-order valence-corrected chi connectivity index (χ1v) is 10.1. The Balaban J connectivity index is 1.69. The molecule has 148 valence electrons. The molecule has 1 spiro atoms. The third-order valence-corrected chi connectivity index (χ3v) is 7.68. The molecule has 7 nitrogen and oxygen atoms in total. The minimum absolute atomic E-state index is 0.0359. The van der Waals surface area contributed by atoms with Gasteiger partial charge in [-0.15, -0.1) is 0 Å². The number of halogens is 3. The van der Waals surface area contributed by atoms with Crippen molar-refractivity contribution in [3.05, 3.63) is 39.4 Å². The minimum atomic E-state index is -4.62. The number of nitrogens with one attached hydrogen (secondary N) is 1. The maximum Gasteiger partial charge on any atom is 0.402 e. The fraction of sp³-hybridized carbons (Fsp3) is 0.625. The molecule has 1 aromatic rings. The molecule has 2 bridgehead atoms. The Morgan fingerprint density at radius 2 is 1.85 bits per heavy atom. The molecule has 4 rings (SSSR count). The molecule has 3 aliphatic rings. The Bertz CT molecular complexity index is 905. The van der Waals surface area contributed by atoms with E-state index >= 15 is 0 Å². The van der Waals surface area contributed by atoms with Crippen molar-refractivity contribution in [2.24, 2.45) is 11.8 Å². The monoisotopic (exact) mass is 405 g/mol. The van der Waals surface area contributed by atoms with Crippen molar-refractivity contribution in [1.29, 1.82) is 0 Å². The first kappa shape index (κ1) is 18.6. The summed E-state index contributed by atoms with van der Waals surface area (Å²) in [5.74, 6) is -0.336. The maximum atomic E-state index is 12.8. The van der Waals surface area contributed by atoms with E-state index in [1.54, 1.807) is 6.07 Å². The summed E-state index contributed by atoms with van der Waals surface area (Å²) in [6.07, 6.45) is -2.33. The summed E-state index contributed by atoms with van der Waals surface area (Å²) in [5.41, 5.74) is 0.689. The molecule has 2 aliphatic carbocycles. The molecule has 27 heavy (non-hydrogen) atoms. The molecule has 0 radical (unpaired) electrons. The number of nitro groups is 1. The average Bonchev–Trinajstić information content (AvgIpc) is 2.90. The van der Waals surface area contributed by atoms with Crippen LogP contribution in [0.1, 0.15) is 24.0 Å². The number of hydrogen-bond donors (Lipinski definition) is 1. The van der Waals surface area contributed by atoms with Crippen molar-refractivity contribution >= 4 is 15.9 Å². The van der Waals surface area contributed by atoms with Gasteiger partial charge in [-0.3, -0.25) is 10.1 Å². The van der Waals surface area contributed by atoms with Crippen LogP contribution in [0, 0.1) is 22.0 Å². The van der Waals surface area contributed by atoms with Gasteiger partial charge in [0.1, 0.15) is 6.54 Å². The Kier molecular flexibility index (Phi) is 4.06. The smallest absolute Gasteiger partial charge is 0.258 e. The lowest BCUT2D eigenvalue weighted by molar-refractivity contribution is -0.384. The zero-order valence-corrected chi connectivity index (χ0v) is 15.0. The average molecular weight is 405 g/mol. The Labute approximate surface area is 153 Å². The topological polar surface area (TPSA) is 92.6 Å². The van der Waals surface area contributed by atoms with E-state index in [2.05, 4.69) is 4.72 Å². The van der Waals surface area contributed by atoms with Crippen LogP contribution in [-0.4, -0.2) is 42.5 Å². The Morgan fingerprint density at radius 3 is 2.44 bits per heavy atom. The van der Waals surface area contributed by atoms with Gasteiger partial charge in [0.15, 0.2) is 0 Å². The predicted octanol–water partition coefficient (Wildman–Crippen LogP) is 2.17. The van der Waals surface area contributed by atoms with Crippen LogP contribution in [0.2, 0.25) is 0 Å². The molecular formula is C16H18F3N3O4S. The van der Waals surface area contributed by atoms with Gasteiger partial charge >= 0.3 is 6.18 Å². The lowest BCUT2D eigenvalue weighted by atomic mass is 9.79. The van der Waals surface area contributed by atoms with Crippen LogP contribution in [0.4, 0.5) is 18.9 Å². The highest BCUT2D eigenvalue weighted by atomic mass is 32.2. The molecule has 0 aromatic heterocycles. The number of non-ortho nitro benzene ring substituents is 1. The number of hydrogen-bond acceptors (Lipinski definition) is 4. The summed E-state index contributed by atoms with van der Waals surface area (Å²) in [6, 6.07) is 4.60. The number of fused-ring (bicyclic) bond motifs is 1. The number of benzene rings is 1. The van der Waals surface area contributed by atoms with Crippen LogP contribution in [0.25, 0.3) is 0 Å². The second-order valence-electron chi connectivity index (χ2n) is 7.62. The van der Waals surface area contributed by atoms with Crippen LogP contribution in [-0.2, 0) is 23.1 Å². The molecule has 1 N–H and O–H groups in total. The molecule has 1 aromatic carbocycles. The van der Waals surface area contributed by atoms with Crippen molar-refractivity contribution in [2.45, 2.75) is 37.4 Å². The van der Waals surface area contributed by atoms with Gasteiger partial charge in [0.2, 0.25) is 0 Å². The zero-order valence-electron chi connectivity index (χ0n) is 14.2. The second kappa shape index (κ2) is 5.89. The molecule has 1 aliphatic heterocycles. The zero-order chi connectivity index (χ0) is 19.6. The third kappa shape index (κ3) is 3.11. The molecule has 1 saturated heterocycles. The van der Waals surface area contributed by atoms with Crippen molar-refractivity contribution < 1.29 is 26.5 Å². The van der Waals surface area contributed by atoms with Gasteiger partial charge in [-0.25, -0.2) is 0 Å². The standard InChI is InChI=1S/C16H18F3N3O4S/c17-16(18,19)9-21-8-15(20-27(21,25)26)12-2-3-13(15)6-11-7-14(22(23)24)4-1-10(11)5-12/h1,4,7,12-13,20H,2-3,5-6,8-9H2/t12-,13+,15-/m1/s1. The van der Waals surface area contributed by atoms with E-state index < -0.39 is 33.4 Å². The summed E-state index contributed by atoms with van der Waals surface area (Å²) < 4.78 is 66.3. The molecule has 1 heterocycles. The van der Waals surface area contributed by atoms with Gasteiger partial charge < -0.3 is 0 Å². The lowest BCUT2D eigenvalue weighted by Crippen LogP contribution is -2.52. The van der Waals surface area contributed by atoms with Crippen molar-refractivity contribution in [3.8, 4) is 0 Å². The summed E-state index contributed by atoms with van der Waals surface area (Å²) >= 11 is 0. The van der Waals surface area contributed by atoms with E-state index in [9.17, 15) is 31.7 Å².